The van der Waals surface area contributed by atoms with Crippen molar-refractivity contribution in [3.8, 4) is 0 Å². The number of sulfonamides is 1. The van der Waals surface area contributed by atoms with Crippen LogP contribution < -0.4 is 34.3 Å². The predicted octanol–water partition coefficient (Wildman–Crippen LogP) is -0.278. The number of unbranched alkanes of at least 4 members (excludes halogenated alkanes) is 9. The zero-order chi connectivity index (χ0) is 17.1. The smallest absolute Gasteiger partial charge is 0.747 e. The van der Waals surface area contributed by atoms with E-state index in [1.54, 1.807) is 0 Å². The minimum Gasteiger partial charge on any atom is -0.747 e. The third-order valence-corrected chi connectivity index (χ3v) is 6.22. The molecule has 0 aromatic heterocycles. The quantitative estimate of drug-likeness (QED) is 0.254. The molecule has 134 valence electrons. The molecule has 1 atom stereocenters. The van der Waals surface area contributed by atoms with Crippen molar-refractivity contribution in [3.05, 3.63) is 0 Å². The van der Waals surface area contributed by atoms with Crippen molar-refractivity contribution in [2.75, 3.05) is 5.75 Å². The Labute approximate surface area is 164 Å². The van der Waals surface area contributed by atoms with E-state index in [4.69, 9.17) is 0 Å². The summed E-state index contributed by atoms with van der Waals surface area (Å²) in [6.45, 7) is 3.23. The minimum atomic E-state index is -4.63. The van der Waals surface area contributed by atoms with Gasteiger partial charge in [0.2, 0.25) is 10.0 Å². The molecule has 0 aromatic carbocycles. The van der Waals surface area contributed by atoms with Crippen LogP contribution in [0.4, 0.5) is 0 Å². The third kappa shape index (κ3) is 16.1. The van der Waals surface area contributed by atoms with Gasteiger partial charge in [-0.05, 0) is 13.3 Å². The average Bonchev–Trinajstić information content (AvgIpc) is 2.39. The van der Waals surface area contributed by atoms with Gasteiger partial charge in [0.1, 0.15) is 15.5 Å². The summed E-state index contributed by atoms with van der Waals surface area (Å²) in [5.74, 6) is -0.136. The Hall–Kier alpha value is 0.820. The molecule has 0 rings (SSSR count). The fraction of sp³-hybridized carbons (Fsp3) is 1.00. The van der Waals surface area contributed by atoms with Crippen LogP contribution in [0.1, 0.15) is 78.1 Å². The second-order valence-electron chi connectivity index (χ2n) is 5.75. The summed E-state index contributed by atoms with van der Waals surface area (Å²) in [5, 5.41) is -1.61. The first-order chi connectivity index (χ1) is 10.2. The number of hydrogen-bond acceptors (Lipinski definition) is 5. The molecule has 0 amide bonds. The molecule has 0 aliphatic rings. The second-order valence-corrected chi connectivity index (χ2v) is 9.32. The molecule has 0 bridgehead atoms. The zero-order valence-electron chi connectivity index (χ0n) is 14.7. The van der Waals surface area contributed by atoms with E-state index in [9.17, 15) is 21.4 Å². The molecule has 0 aromatic rings. The molecular weight excluding hydrogens is 349 g/mol. The first-order valence-corrected chi connectivity index (χ1v) is 11.3. The van der Waals surface area contributed by atoms with Crippen LogP contribution in [0.2, 0.25) is 0 Å². The fourth-order valence-electron chi connectivity index (χ4n) is 2.15. The Morgan fingerprint density at radius 2 is 1.22 bits per heavy atom. The second kappa shape index (κ2) is 14.0. The summed E-state index contributed by atoms with van der Waals surface area (Å²) in [6.07, 6.45) is 10.9. The van der Waals surface area contributed by atoms with Crippen molar-refractivity contribution in [2.24, 2.45) is 0 Å². The molecule has 23 heavy (non-hydrogen) atoms. The molecule has 0 heterocycles. The summed E-state index contributed by atoms with van der Waals surface area (Å²) in [6, 6.07) is 0. The average molecular weight is 380 g/mol. The number of hydrogen-bond donors (Lipinski definition) is 1. The molecule has 9 heteroatoms. The zero-order valence-corrected chi connectivity index (χ0v) is 18.3. The van der Waals surface area contributed by atoms with E-state index in [1.807, 2.05) is 4.72 Å². The summed E-state index contributed by atoms with van der Waals surface area (Å²) in [7, 11) is -8.33. The summed E-state index contributed by atoms with van der Waals surface area (Å²) >= 11 is 0. The SMILES string of the molecule is CCCCCCCCCCCCS(=O)(=O)NC(C)S(=O)(=O)[O-].[Na+]. The van der Waals surface area contributed by atoms with Crippen LogP contribution in [0.25, 0.3) is 0 Å². The van der Waals surface area contributed by atoms with Crippen molar-refractivity contribution in [2.45, 2.75) is 83.4 Å². The number of rotatable bonds is 14. The topological polar surface area (TPSA) is 103 Å². The first-order valence-electron chi connectivity index (χ1n) is 8.13. The maximum absolute atomic E-state index is 11.6. The van der Waals surface area contributed by atoms with E-state index in [1.165, 1.54) is 38.5 Å². The third-order valence-electron chi connectivity index (χ3n) is 3.55. The van der Waals surface area contributed by atoms with Gasteiger partial charge >= 0.3 is 29.6 Å². The molecule has 0 saturated heterocycles. The van der Waals surface area contributed by atoms with Crippen molar-refractivity contribution in [3.63, 3.8) is 0 Å². The van der Waals surface area contributed by atoms with Crippen molar-refractivity contribution in [1.29, 1.82) is 0 Å². The summed E-state index contributed by atoms with van der Waals surface area (Å²) in [5.41, 5.74) is 0. The van der Waals surface area contributed by atoms with E-state index in [-0.39, 0.29) is 35.3 Å². The van der Waals surface area contributed by atoms with Gasteiger partial charge in [0, 0.05) is 0 Å². The van der Waals surface area contributed by atoms with Crippen molar-refractivity contribution >= 4 is 20.1 Å². The summed E-state index contributed by atoms with van der Waals surface area (Å²) < 4.78 is 57.1. The molecule has 0 spiro atoms. The van der Waals surface area contributed by atoms with E-state index in [0.29, 0.717) is 6.42 Å². The van der Waals surface area contributed by atoms with Crippen LogP contribution in [-0.4, -0.2) is 32.5 Å². The largest absolute Gasteiger partial charge is 1.00 e. The Morgan fingerprint density at radius 1 is 0.826 bits per heavy atom. The van der Waals surface area contributed by atoms with Gasteiger partial charge in [-0.15, -0.1) is 0 Å². The molecule has 0 radical (unpaired) electrons. The molecule has 0 aliphatic heterocycles. The van der Waals surface area contributed by atoms with Crippen molar-refractivity contribution < 1.29 is 50.9 Å². The van der Waals surface area contributed by atoms with E-state index >= 15 is 0 Å². The van der Waals surface area contributed by atoms with Crippen LogP contribution in [0.5, 0.6) is 0 Å². The van der Waals surface area contributed by atoms with E-state index < -0.39 is 25.5 Å². The van der Waals surface area contributed by atoms with Crippen LogP contribution >= 0.6 is 0 Å². The maximum Gasteiger partial charge on any atom is 1.00 e. The molecule has 0 aliphatic carbocycles. The molecule has 0 saturated carbocycles. The molecule has 6 nitrogen and oxygen atoms in total. The normalized spacial score (nSPS) is 13.5. The number of nitrogens with one attached hydrogen (secondary N) is 1. The van der Waals surface area contributed by atoms with Gasteiger partial charge in [0.15, 0.2) is 0 Å². The monoisotopic (exact) mass is 379 g/mol. The maximum atomic E-state index is 11.6. The molecule has 1 unspecified atom stereocenters. The van der Waals surface area contributed by atoms with Gasteiger partial charge in [0.25, 0.3) is 0 Å². The van der Waals surface area contributed by atoms with Gasteiger partial charge in [-0.1, -0.05) is 64.7 Å². The van der Waals surface area contributed by atoms with Gasteiger partial charge in [-0.25, -0.2) is 16.8 Å². The fourth-order valence-corrected chi connectivity index (χ4v) is 4.27. The van der Waals surface area contributed by atoms with Gasteiger partial charge in [-0.3, -0.25) is 0 Å². The van der Waals surface area contributed by atoms with Crippen LogP contribution in [-0.2, 0) is 20.1 Å². The molecular formula is C14H30NNaO5S2. The van der Waals surface area contributed by atoms with E-state index in [0.717, 1.165) is 26.2 Å². The predicted molar refractivity (Wildman–Crippen MR) is 87.9 cm³/mol. The Bertz CT molecular complexity index is 479. The Kier molecular flexibility index (Phi) is 15.9. The van der Waals surface area contributed by atoms with Gasteiger partial charge < -0.3 is 4.55 Å². The standard InChI is InChI=1S/C14H31NO5S2.Na/c1-3-4-5-6-7-8-9-10-11-12-13-21(16,17)15-14(2)22(18,19)20;/h14-15H,3-13H2,1-2H3,(H,18,19,20);/q;+1/p-1. The Balaban J connectivity index is 0. The Morgan fingerprint density at radius 3 is 1.61 bits per heavy atom. The van der Waals surface area contributed by atoms with Crippen LogP contribution in [0.3, 0.4) is 0 Å². The van der Waals surface area contributed by atoms with Gasteiger partial charge in [-0.2, -0.15) is 4.72 Å². The van der Waals surface area contributed by atoms with Crippen LogP contribution in [0, 0.1) is 0 Å². The van der Waals surface area contributed by atoms with Crippen LogP contribution in [0.15, 0.2) is 0 Å². The van der Waals surface area contributed by atoms with E-state index in [2.05, 4.69) is 6.92 Å². The van der Waals surface area contributed by atoms with Crippen molar-refractivity contribution in [1.82, 2.24) is 4.72 Å². The molecule has 0 fully saturated rings. The first kappa shape index (κ1) is 26.1. The van der Waals surface area contributed by atoms with Gasteiger partial charge in [0.05, 0.1) is 5.75 Å². The summed E-state index contributed by atoms with van der Waals surface area (Å²) in [4.78, 5) is 0. The molecule has 1 N–H and O–H groups in total. The minimum absolute atomic E-state index is 0.